The molecule has 1 aromatic rings. The SMILES string of the molecule is CC(=N)N(O)c1cnccn1. The van der Waals surface area contributed by atoms with E-state index in [-0.39, 0.29) is 11.7 Å². The minimum atomic E-state index is 0.00509. The van der Waals surface area contributed by atoms with Crippen molar-refractivity contribution in [2.75, 3.05) is 5.06 Å². The van der Waals surface area contributed by atoms with E-state index in [9.17, 15) is 0 Å². The Labute approximate surface area is 63.8 Å². The minimum Gasteiger partial charge on any atom is -0.286 e. The van der Waals surface area contributed by atoms with Gasteiger partial charge < -0.3 is 0 Å². The highest BCUT2D eigenvalue weighted by molar-refractivity contribution is 5.89. The highest BCUT2D eigenvalue weighted by Crippen LogP contribution is 2.03. The Bertz CT molecular complexity index is 248. The van der Waals surface area contributed by atoms with Crippen LogP contribution in [0.1, 0.15) is 6.92 Å². The van der Waals surface area contributed by atoms with Gasteiger partial charge in [0.2, 0.25) is 0 Å². The van der Waals surface area contributed by atoms with Crippen LogP contribution in [0, 0.1) is 5.41 Å². The van der Waals surface area contributed by atoms with Gasteiger partial charge in [-0.3, -0.25) is 15.6 Å². The van der Waals surface area contributed by atoms with Crippen LogP contribution in [0.5, 0.6) is 0 Å². The second kappa shape index (κ2) is 3.07. The maximum atomic E-state index is 9.10. The van der Waals surface area contributed by atoms with Crippen LogP contribution in [0.25, 0.3) is 0 Å². The number of hydrogen-bond donors (Lipinski definition) is 2. The molecule has 0 bridgehead atoms. The maximum absolute atomic E-state index is 9.10. The number of aromatic nitrogens is 2. The van der Waals surface area contributed by atoms with Crippen molar-refractivity contribution in [1.82, 2.24) is 9.97 Å². The summed E-state index contributed by atoms with van der Waals surface area (Å²) in [6, 6.07) is 0. The summed E-state index contributed by atoms with van der Waals surface area (Å²) in [6.07, 6.45) is 4.32. The Morgan fingerprint density at radius 2 is 2.36 bits per heavy atom. The van der Waals surface area contributed by atoms with E-state index in [1.807, 2.05) is 0 Å². The third-order valence-corrected chi connectivity index (χ3v) is 1.08. The third-order valence-electron chi connectivity index (χ3n) is 1.08. The molecule has 0 saturated carbocycles. The summed E-state index contributed by atoms with van der Waals surface area (Å²) in [5.41, 5.74) is 0. The van der Waals surface area contributed by atoms with Crippen molar-refractivity contribution in [3.63, 3.8) is 0 Å². The summed E-state index contributed by atoms with van der Waals surface area (Å²) in [7, 11) is 0. The Hall–Kier alpha value is -1.49. The third kappa shape index (κ3) is 1.71. The lowest BCUT2D eigenvalue weighted by Gasteiger charge is -2.11. The average Bonchev–Trinajstić information content (AvgIpc) is 2.05. The normalized spacial score (nSPS) is 9.27. The molecular formula is C6H8N4O. The molecule has 0 aliphatic carbocycles. The molecule has 5 nitrogen and oxygen atoms in total. The van der Waals surface area contributed by atoms with Crippen LogP contribution in [-0.2, 0) is 0 Å². The second-order valence-corrected chi connectivity index (χ2v) is 1.96. The highest BCUT2D eigenvalue weighted by Gasteiger charge is 2.04. The van der Waals surface area contributed by atoms with Gasteiger partial charge in [0.05, 0.1) is 6.20 Å². The van der Waals surface area contributed by atoms with E-state index in [0.717, 1.165) is 0 Å². The van der Waals surface area contributed by atoms with Crippen LogP contribution >= 0.6 is 0 Å². The van der Waals surface area contributed by atoms with Crippen molar-refractivity contribution in [2.24, 2.45) is 0 Å². The standard InChI is InChI=1S/C6H8N4O/c1-5(7)10(11)6-4-8-2-3-9-6/h2-4,7,11H,1H3. The number of nitrogens with zero attached hydrogens (tertiary/aromatic N) is 3. The molecule has 0 atom stereocenters. The Morgan fingerprint density at radius 3 is 2.82 bits per heavy atom. The zero-order valence-corrected chi connectivity index (χ0v) is 6.02. The van der Waals surface area contributed by atoms with Crippen LogP contribution in [-0.4, -0.2) is 21.0 Å². The summed E-state index contributed by atoms with van der Waals surface area (Å²) in [5, 5.41) is 16.8. The van der Waals surface area contributed by atoms with Crippen molar-refractivity contribution < 1.29 is 5.21 Å². The van der Waals surface area contributed by atoms with E-state index in [1.54, 1.807) is 0 Å². The smallest absolute Gasteiger partial charge is 0.177 e. The van der Waals surface area contributed by atoms with Gasteiger partial charge in [-0.15, -0.1) is 0 Å². The van der Waals surface area contributed by atoms with Gasteiger partial charge in [-0.2, -0.15) is 5.06 Å². The van der Waals surface area contributed by atoms with Crippen molar-refractivity contribution in [3.05, 3.63) is 18.6 Å². The summed E-state index contributed by atoms with van der Waals surface area (Å²) in [4.78, 5) is 7.50. The van der Waals surface area contributed by atoms with Crippen molar-refractivity contribution in [3.8, 4) is 0 Å². The molecular weight excluding hydrogens is 144 g/mol. The molecule has 11 heavy (non-hydrogen) atoms. The van der Waals surface area contributed by atoms with Crippen LogP contribution in [0.3, 0.4) is 0 Å². The van der Waals surface area contributed by atoms with E-state index in [0.29, 0.717) is 5.06 Å². The zero-order valence-electron chi connectivity index (χ0n) is 6.02. The molecule has 0 saturated heterocycles. The average molecular weight is 152 g/mol. The predicted octanol–water partition coefficient (Wildman–Crippen LogP) is 0.669. The van der Waals surface area contributed by atoms with E-state index in [4.69, 9.17) is 10.6 Å². The molecule has 0 spiro atoms. The van der Waals surface area contributed by atoms with E-state index >= 15 is 0 Å². The number of rotatable bonds is 1. The molecule has 1 rings (SSSR count). The van der Waals surface area contributed by atoms with Crippen LogP contribution in [0.4, 0.5) is 5.82 Å². The maximum Gasteiger partial charge on any atom is 0.177 e. The molecule has 0 aromatic carbocycles. The predicted molar refractivity (Wildman–Crippen MR) is 39.7 cm³/mol. The number of hydrogen-bond acceptors (Lipinski definition) is 4. The zero-order chi connectivity index (χ0) is 8.27. The highest BCUT2D eigenvalue weighted by atomic mass is 16.5. The summed E-state index contributed by atoms with van der Waals surface area (Å²) in [5.74, 6) is 0.255. The Morgan fingerprint density at radius 1 is 1.64 bits per heavy atom. The fraction of sp³-hybridized carbons (Fsp3) is 0.167. The molecule has 5 heteroatoms. The summed E-state index contributed by atoms with van der Waals surface area (Å²) in [6.45, 7) is 1.45. The van der Waals surface area contributed by atoms with E-state index < -0.39 is 0 Å². The molecule has 1 heterocycles. The lowest BCUT2D eigenvalue weighted by molar-refractivity contribution is 0.307. The number of nitrogens with one attached hydrogen (secondary N) is 1. The quantitative estimate of drug-likeness (QED) is 0.352. The first-order chi connectivity index (χ1) is 5.22. The fourth-order valence-corrected chi connectivity index (χ4v) is 0.572. The minimum absolute atomic E-state index is 0.00509. The summed E-state index contributed by atoms with van der Waals surface area (Å²) < 4.78 is 0. The van der Waals surface area contributed by atoms with Crippen molar-refractivity contribution >= 4 is 11.7 Å². The topological polar surface area (TPSA) is 73.1 Å². The molecule has 1 aromatic heterocycles. The second-order valence-electron chi connectivity index (χ2n) is 1.96. The Balaban J connectivity index is 2.85. The van der Waals surface area contributed by atoms with Crippen molar-refractivity contribution in [2.45, 2.75) is 6.92 Å². The molecule has 0 fully saturated rings. The first-order valence-electron chi connectivity index (χ1n) is 3.02. The van der Waals surface area contributed by atoms with Gasteiger partial charge in [0.1, 0.15) is 5.84 Å². The fourth-order valence-electron chi connectivity index (χ4n) is 0.572. The summed E-state index contributed by atoms with van der Waals surface area (Å²) >= 11 is 0. The van der Waals surface area contributed by atoms with Gasteiger partial charge in [0.25, 0.3) is 0 Å². The molecule has 0 unspecified atom stereocenters. The van der Waals surface area contributed by atoms with E-state index in [1.165, 1.54) is 25.5 Å². The van der Waals surface area contributed by atoms with Crippen LogP contribution < -0.4 is 5.06 Å². The number of hydroxylamine groups is 1. The van der Waals surface area contributed by atoms with Gasteiger partial charge >= 0.3 is 0 Å². The molecule has 0 amide bonds. The van der Waals surface area contributed by atoms with Crippen LogP contribution in [0.2, 0.25) is 0 Å². The van der Waals surface area contributed by atoms with Gasteiger partial charge in [0.15, 0.2) is 5.82 Å². The monoisotopic (exact) mass is 152 g/mol. The van der Waals surface area contributed by atoms with Crippen molar-refractivity contribution in [1.29, 1.82) is 5.41 Å². The first kappa shape index (κ1) is 7.62. The van der Waals surface area contributed by atoms with E-state index in [2.05, 4.69) is 9.97 Å². The first-order valence-corrected chi connectivity index (χ1v) is 3.02. The van der Waals surface area contributed by atoms with Gasteiger partial charge in [0, 0.05) is 12.4 Å². The van der Waals surface area contributed by atoms with Crippen LogP contribution in [0.15, 0.2) is 18.6 Å². The lowest BCUT2D eigenvalue weighted by atomic mass is 10.6. The molecule has 0 radical (unpaired) electrons. The lowest BCUT2D eigenvalue weighted by Crippen LogP contribution is -2.24. The molecule has 2 N–H and O–H groups in total. The molecule has 58 valence electrons. The largest absolute Gasteiger partial charge is 0.286 e. The Kier molecular flexibility index (Phi) is 2.12. The molecule has 0 aliphatic heterocycles. The number of amidine groups is 1. The van der Waals surface area contributed by atoms with Gasteiger partial charge in [-0.05, 0) is 6.92 Å². The number of anilines is 1. The molecule has 0 aliphatic rings. The van der Waals surface area contributed by atoms with Gasteiger partial charge in [-0.1, -0.05) is 0 Å². The van der Waals surface area contributed by atoms with Gasteiger partial charge in [-0.25, -0.2) is 4.98 Å².